The smallest absolute Gasteiger partial charge is 0.322 e. The molecule has 4 nitrogen and oxygen atoms in total. The summed E-state index contributed by atoms with van der Waals surface area (Å²) >= 11 is 11.7. The van der Waals surface area contributed by atoms with Gasteiger partial charge in [0.1, 0.15) is 0 Å². The van der Waals surface area contributed by atoms with Crippen LogP contribution in [0.2, 0.25) is 10.0 Å². The van der Waals surface area contributed by atoms with Gasteiger partial charge in [0.2, 0.25) is 0 Å². The molecule has 0 unspecified atom stereocenters. The number of hydrogen-bond donors (Lipinski definition) is 2. The highest BCUT2D eigenvalue weighted by molar-refractivity contribution is 6.42. The van der Waals surface area contributed by atoms with Crippen molar-refractivity contribution in [2.45, 2.75) is 26.3 Å². The molecule has 0 spiro atoms. The van der Waals surface area contributed by atoms with Crippen molar-refractivity contribution < 1.29 is 9.90 Å². The highest BCUT2D eigenvalue weighted by Gasteiger charge is 2.16. The Kier molecular flexibility index (Phi) is 6.42. The number of hydrogen-bond acceptors (Lipinski definition) is 2. The highest BCUT2D eigenvalue weighted by atomic mass is 35.5. The molecule has 0 aliphatic heterocycles. The van der Waals surface area contributed by atoms with E-state index in [-0.39, 0.29) is 18.7 Å². The number of carbonyl (C=O) groups is 1. The number of halogens is 2. The van der Waals surface area contributed by atoms with Gasteiger partial charge < -0.3 is 15.3 Å². The second-order valence-electron chi connectivity index (χ2n) is 4.42. The molecule has 0 aromatic heterocycles. The summed E-state index contributed by atoms with van der Waals surface area (Å²) in [5.74, 6) is 0. The summed E-state index contributed by atoms with van der Waals surface area (Å²) in [6.07, 6.45) is 0.549. The average Bonchev–Trinajstić information content (AvgIpc) is 2.34. The number of rotatable bonds is 5. The van der Waals surface area contributed by atoms with Gasteiger partial charge in [-0.3, -0.25) is 0 Å². The van der Waals surface area contributed by atoms with Crippen LogP contribution in [0.3, 0.4) is 0 Å². The molecule has 1 rings (SSSR count). The van der Waals surface area contributed by atoms with Gasteiger partial charge in [-0.05, 0) is 38.5 Å². The Hall–Kier alpha value is -0.970. The van der Waals surface area contributed by atoms with Gasteiger partial charge in [-0.1, -0.05) is 23.2 Å². The maximum Gasteiger partial charge on any atom is 0.322 e. The fourth-order valence-electron chi connectivity index (χ4n) is 1.60. The van der Waals surface area contributed by atoms with Crippen LogP contribution in [-0.2, 0) is 0 Å². The van der Waals surface area contributed by atoms with Crippen LogP contribution in [0.4, 0.5) is 10.5 Å². The zero-order chi connectivity index (χ0) is 14.4. The van der Waals surface area contributed by atoms with E-state index in [2.05, 4.69) is 5.32 Å². The Bertz CT molecular complexity index is 439. The zero-order valence-electron chi connectivity index (χ0n) is 11.0. The third-order valence-electron chi connectivity index (χ3n) is 2.61. The standard InChI is InChI=1S/C13H18Cl2N2O2/c1-9(2)17(6-3-7-18)13(19)16-10-4-5-11(14)12(15)8-10/h4-5,8-9,18H,3,6-7H2,1-2H3,(H,16,19). The predicted molar refractivity (Wildman–Crippen MR) is 79.0 cm³/mol. The van der Waals surface area contributed by atoms with Crippen molar-refractivity contribution in [1.82, 2.24) is 4.90 Å². The summed E-state index contributed by atoms with van der Waals surface area (Å²) in [5, 5.41) is 12.4. The summed E-state index contributed by atoms with van der Waals surface area (Å²) < 4.78 is 0. The van der Waals surface area contributed by atoms with Crippen LogP contribution in [-0.4, -0.2) is 35.2 Å². The van der Waals surface area contributed by atoms with E-state index in [0.717, 1.165) is 0 Å². The minimum absolute atomic E-state index is 0.0503. The Morgan fingerprint density at radius 2 is 2.05 bits per heavy atom. The minimum Gasteiger partial charge on any atom is -0.396 e. The van der Waals surface area contributed by atoms with E-state index in [0.29, 0.717) is 28.7 Å². The molecule has 2 N–H and O–H groups in total. The summed E-state index contributed by atoms with van der Waals surface area (Å²) in [4.78, 5) is 13.8. The normalized spacial score (nSPS) is 10.6. The lowest BCUT2D eigenvalue weighted by molar-refractivity contribution is 0.186. The molecule has 6 heteroatoms. The summed E-state index contributed by atoms with van der Waals surface area (Å²) in [7, 11) is 0. The lowest BCUT2D eigenvalue weighted by Crippen LogP contribution is -2.40. The minimum atomic E-state index is -0.221. The molecule has 0 aliphatic rings. The van der Waals surface area contributed by atoms with Gasteiger partial charge in [0.15, 0.2) is 0 Å². The topological polar surface area (TPSA) is 52.6 Å². The molecule has 0 heterocycles. The van der Waals surface area contributed by atoms with Gasteiger partial charge in [-0.15, -0.1) is 0 Å². The number of carbonyl (C=O) groups excluding carboxylic acids is 1. The first-order valence-corrected chi connectivity index (χ1v) is 6.85. The van der Waals surface area contributed by atoms with E-state index in [9.17, 15) is 4.79 Å². The number of amides is 2. The molecule has 106 valence electrons. The van der Waals surface area contributed by atoms with Crippen LogP contribution in [0.5, 0.6) is 0 Å². The van der Waals surface area contributed by atoms with E-state index in [1.165, 1.54) is 0 Å². The summed E-state index contributed by atoms with van der Waals surface area (Å²) in [5.41, 5.74) is 0.592. The van der Waals surface area contributed by atoms with Crippen LogP contribution < -0.4 is 5.32 Å². The second-order valence-corrected chi connectivity index (χ2v) is 5.24. The van der Waals surface area contributed by atoms with Crippen LogP contribution in [0.15, 0.2) is 18.2 Å². The van der Waals surface area contributed by atoms with Gasteiger partial charge in [0.25, 0.3) is 0 Å². The van der Waals surface area contributed by atoms with E-state index in [1.54, 1.807) is 23.1 Å². The van der Waals surface area contributed by atoms with Crippen LogP contribution >= 0.6 is 23.2 Å². The Labute approximate surface area is 123 Å². The van der Waals surface area contributed by atoms with Crippen molar-refractivity contribution in [3.63, 3.8) is 0 Å². The van der Waals surface area contributed by atoms with Crippen molar-refractivity contribution in [3.05, 3.63) is 28.2 Å². The Balaban J connectivity index is 2.72. The van der Waals surface area contributed by atoms with Crippen LogP contribution in [0.25, 0.3) is 0 Å². The number of aliphatic hydroxyl groups is 1. The van der Waals surface area contributed by atoms with E-state index < -0.39 is 0 Å². The number of urea groups is 1. The van der Waals surface area contributed by atoms with E-state index in [1.807, 2.05) is 13.8 Å². The molecule has 0 radical (unpaired) electrons. The number of aliphatic hydroxyl groups excluding tert-OH is 1. The monoisotopic (exact) mass is 304 g/mol. The molecule has 0 bridgehead atoms. The van der Waals surface area contributed by atoms with Crippen molar-refractivity contribution in [1.29, 1.82) is 0 Å². The number of nitrogens with zero attached hydrogens (tertiary/aromatic N) is 1. The SMILES string of the molecule is CC(C)N(CCCO)C(=O)Nc1ccc(Cl)c(Cl)c1. The molecular formula is C13H18Cl2N2O2. The molecule has 0 saturated heterocycles. The number of benzene rings is 1. The Morgan fingerprint density at radius 3 is 2.58 bits per heavy atom. The first-order chi connectivity index (χ1) is 8.95. The molecule has 1 aromatic carbocycles. The molecule has 19 heavy (non-hydrogen) atoms. The molecule has 1 aromatic rings. The highest BCUT2D eigenvalue weighted by Crippen LogP contribution is 2.25. The van der Waals surface area contributed by atoms with Gasteiger partial charge in [-0.25, -0.2) is 4.79 Å². The maximum absolute atomic E-state index is 12.1. The number of anilines is 1. The van der Waals surface area contributed by atoms with E-state index in [4.69, 9.17) is 28.3 Å². The molecule has 0 atom stereocenters. The largest absolute Gasteiger partial charge is 0.396 e. The van der Waals surface area contributed by atoms with Crippen molar-refractivity contribution in [2.75, 3.05) is 18.5 Å². The van der Waals surface area contributed by atoms with Gasteiger partial charge in [0.05, 0.1) is 10.0 Å². The second kappa shape index (κ2) is 7.58. The first-order valence-electron chi connectivity index (χ1n) is 6.09. The Morgan fingerprint density at radius 1 is 1.37 bits per heavy atom. The zero-order valence-corrected chi connectivity index (χ0v) is 12.5. The lowest BCUT2D eigenvalue weighted by atomic mass is 10.3. The van der Waals surface area contributed by atoms with Gasteiger partial charge >= 0.3 is 6.03 Å². The molecule has 0 aliphatic carbocycles. The van der Waals surface area contributed by atoms with Crippen LogP contribution in [0.1, 0.15) is 20.3 Å². The van der Waals surface area contributed by atoms with Gasteiger partial charge in [0, 0.05) is 24.9 Å². The molecular weight excluding hydrogens is 287 g/mol. The van der Waals surface area contributed by atoms with Crippen molar-refractivity contribution in [3.8, 4) is 0 Å². The van der Waals surface area contributed by atoms with Crippen molar-refractivity contribution in [2.24, 2.45) is 0 Å². The summed E-state index contributed by atoms with van der Waals surface area (Å²) in [6.45, 7) is 4.40. The maximum atomic E-state index is 12.1. The van der Waals surface area contributed by atoms with Crippen LogP contribution in [0, 0.1) is 0 Å². The number of nitrogens with one attached hydrogen (secondary N) is 1. The third-order valence-corrected chi connectivity index (χ3v) is 3.35. The quantitative estimate of drug-likeness (QED) is 0.873. The summed E-state index contributed by atoms with van der Waals surface area (Å²) in [6, 6.07) is 4.76. The molecule has 0 fully saturated rings. The fourth-order valence-corrected chi connectivity index (χ4v) is 1.90. The average molecular weight is 305 g/mol. The lowest BCUT2D eigenvalue weighted by Gasteiger charge is -2.26. The van der Waals surface area contributed by atoms with Gasteiger partial charge in [-0.2, -0.15) is 0 Å². The third kappa shape index (κ3) is 4.90. The van der Waals surface area contributed by atoms with E-state index >= 15 is 0 Å². The fraction of sp³-hybridized carbons (Fsp3) is 0.462. The first kappa shape index (κ1) is 16.1. The predicted octanol–water partition coefficient (Wildman–Crippen LogP) is 3.62. The molecule has 2 amide bonds. The van der Waals surface area contributed by atoms with Crippen molar-refractivity contribution >= 4 is 34.9 Å². The molecule has 0 saturated carbocycles.